The van der Waals surface area contributed by atoms with Gasteiger partial charge in [-0.3, -0.25) is 5.01 Å². The molecule has 1 heterocycles. The second-order valence-corrected chi connectivity index (χ2v) is 6.77. The van der Waals surface area contributed by atoms with Crippen LogP contribution in [0.2, 0.25) is 0 Å². The zero-order chi connectivity index (χ0) is 20.0. The molecule has 0 unspecified atom stereocenters. The lowest BCUT2D eigenvalue weighted by Gasteiger charge is -2.25. The smallest absolute Gasteiger partial charge is 0.380 e. The van der Waals surface area contributed by atoms with Gasteiger partial charge in [-0.25, -0.2) is 9.66 Å². The molecule has 1 aromatic heterocycles. The first-order chi connectivity index (χ1) is 13.4. The molecule has 0 fully saturated rings. The van der Waals surface area contributed by atoms with Crippen LogP contribution in [0.25, 0.3) is 0 Å². The zero-order valence-corrected chi connectivity index (χ0v) is 15.5. The molecule has 2 N–H and O–H groups in total. The number of aromatic nitrogens is 2. The van der Waals surface area contributed by atoms with Gasteiger partial charge in [0.15, 0.2) is 0 Å². The predicted molar refractivity (Wildman–Crippen MR) is 102 cm³/mol. The standard InChI is InChI=1S/C18H17N5O4S/c19-13-15-1-3-16(4-2-15)23(22-10-9-21-14-22)11-12-26-17-5-7-18(8-6-17)27-28(20,24)25/h1-10,14H,11-12H2,(H2,20,24,25). The lowest BCUT2D eigenvalue weighted by Crippen LogP contribution is -2.32. The van der Waals surface area contributed by atoms with E-state index in [0.717, 1.165) is 5.69 Å². The Bertz CT molecular complexity index is 1040. The van der Waals surface area contributed by atoms with Gasteiger partial charge >= 0.3 is 10.3 Å². The van der Waals surface area contributed by atoms with Gasteiger partial charge in [0.1, 0.15) is 24.4 Å². The number of rotatable bonds is 8. The van der Waals surface area contributed by atoms with Gasteiger partial charge < -0.3 is 8.92 Å². The lowest BCUT2D eigenvalue weighted by atomic mass is 10.2. The number of nitriles is 1. The highest BCUT2D eigenvalue weighted by atomic mass is 32.2. The Balaban J connectivity index is 1.65. The van der Waals surface area contributed by atoms with Crippen molar-refractivity contribution in [3.63, 3.8) is 0 Å². The highest BCUT2D eigenvalue weighted by Crippen LogP contribution is 2.19. The number of imidazole rings is 1. The van der Waals surface area contributed by atoms with E-state index in [-0.39, 0.29) is 5.75 Å². The molecule has 0 atom stereocenters. The van der Waals surface area contributed by atoms with Crippen molar-refractivity contribution in [2.75, 3.05) is 18.2 Å². The lowest BCUT2D eigenvalue weighted by molar-refractivity contribution is 0.319. The largest absolute Gasteiger partial charge is 0.492 e. The molecule has 144 valence electrons. The topological polar surface area (TPSA) is 123 Å². The van der Waals surface area contributed by atoms with E-state index in [1.54, 1.807) is 43.0 Å². The number of hydrogen-bond donors (Lipinski definition) is 1. The summed E-state index contributed by atoms with van der Waals surface area (Å²) in [5.41, 5.74) is 1.45. The molecule has 28 heavy (non-hydrogen) atoms. The molecule has 0 spiro atoms. The van der Waals surface area contributed by atoms with Crippen LogP contribution >= 0.6 is 0 Å². The highest BCUT2D eigenvalue weighted by Gasteiger charge is 2.10. The Kier molecular flexibility index (Phi) is 5.78. The number of nitrogens with zero attached hydrogens (tertiary/aromatic N) is 4. The van der Waals surface area contributed by atoms with Crippen LogP contribution in [0.1, 0.15) is 5.56 Å². The zero-order valence-electron chi connectivity index (χ0n) is 14.7. The van der Waals surface area contributed by atoms with Crippen molar-refractivity contribution in [1.82, 2.24) is 9.66 Å². The second-order valence-electron chi connectivity index (χ2n) is 5.62. The van der Waals surface area contributed by atoms with E-state index < -0.39 is 10.3 Å². The van der Waals surface area contributed by atoms with Crippen molar-refractivity contribution >= 4 is 16.0 Å². The number of benzene rings is 2. The van der Waals surface area contributed by atoms with E-state index in [1.165, 1.54) is 12.1 Å². The Morgan fingerprint density at radius 1 is 1.11 bits per heavy atom. The van der Waals surface area contributed by atoms with E-state index in [0.29, 0.717) is 24.5 Å². The Morgan fingerprint density at radius 3 is 2.36 bits per heavy atom. The van der Waals surface area contributed by atoms with Crippen molar-refractivity contribution in [3.8, 4) is 17.6 Å². The van der Waals surface area contributed by atoms with Crippen LogP contribution in [0.5, 0.6) is 11.5 Å². The third-order valence-electron chi connectivity index (χ3n) is 3.67. The normalized spacial score (nSPS) is 10.9. The Morgan fingerprint density at radius 2 is 1.79 bits per heavy atom. The first-order valence-corrected chi connectivity index (χ1v) is 9.63. The summed E-state index contributed by atoms with van der Waals surface area (Å²) in [6.07, 6.45) is 5.14. The molecule has 3 aromatic rings. The molecule has 0 amide bonds. The van der Waals surface area contributed by atoms with Gasteiger partial charge in [-0.05, 0) is 48.5 Å². The molecular weight excluding hydrogens is 382 g/mol. The molecule has 2 aromatic carbocycles. The van der Waals surface area contributed by atoms with Gasteiger partial charge in [-0.1, -0.05) is 0 Å². The quantitative estimate of drug-likeness (QED) is 0.611. The maximum atomic E-state index is 10.9. The van der Waals surface area contributed by atoms with Crippen molar-refractivity contribution < 1.29 is 17.3 Å². The van der Waals surface area contributed by atoms with Crippen molar-refractivity contribution in [2.45, 2.75) is 0 Å². The molecular formula is C18H17N5O4S. The van der Waals surface area contributed by atoms with Gasteiger partial charge in [0.25, 0.3) is 0 Å². The van der Waals surface area contributed by atoms with E-state index in [4.69, 9.17) is 15.1 Å². The van der Waals surface area contributed by atoms with Crippen molar-refractivity contribution in [3.05, 3.63) is 72.8 Å². The summed E-state index contributed by atoms with van der Waals surface area (Å²) in [5, 5.41) is 15.7. The molecule has 0 aliphatic rings. The minimum atomic E-state index is -4.06. The molecule has 3 rings (SSSR count). The predicted octanol–water partition coefficient (Wildman–Crippen LogP) is 1.69. The van der Waals surface area contributed by atoms with E-state index in [9.17, 15) is 8.42 Å². The minimum Gasteiger partial charge on any atom is -0.492 e. The average Bonchev–Trinajstić information content (AvgIpc) is 3.20. The summed E-state index contributed by atoms with van der Waals surface area (Å²) in [6, 6.07) is 15.3. The summed E-state index contributed by atoms with van der Waals surface area (Å²) >= 11 is 0. The summed E-state index contributed by atoms with van der Waals surface area (Å²) in [6.45, 7) is 0.839. The number of anilines is 1. The minimum absolute atomic E-state index is 0.104. The molecule has 0 radical (unpaired) electrons. The van der Waals surface area contributed by atoms with Crippen LogP contribution in [0.15, 0.2) is 67.3 Å². The number of ether oxygens (including phenoxy) is 1. The molecule has 10 heteroatoms. The number of nitrogens with two attached hydrogens (primary N) is 1. The van der Waals surface area contributed by atoms with Crippen LogP contribution in [-0.4, -0.2) is 31.2 Å². The van der Waals surface area contributed by atoms with Gasteiger partial charge in [0.05, 0.1) is 23.9 Å². The SMILES string of the molecule is N#Cc1ccc(N(CCOc2ccc(OS(N)(=O)=O)cc2)n2ccnc2)cc1. The van der Waals surface area contributed by atoms with Crippen LogP contribution in [-0.2, 0) is 10.3 Å². The molecule has 9 nitrogen and oxygen atoms in total. The summed E-state index contributed by atoms with van der Waals surface area (Å²) in [4.78, 5) is 4.06. The summed E-state index contributed by atoms with van der Waals surface area (Å²) in [5.74, 6) is 0.652. The first kappa shape index (κ1) is 19.2. The van der Waals surface area contributed by atoms with E-state index in [1.807, 2.05) is 21.8 Å². The number of hydrogen-bond acceptors (Lipinski definition) is 7. The molecule has 0 bridgehead atoms. The van der Waals surface area contributed by atoms with Gasteiger partial charge in [0.2, 0.25) is 0 Å². The maximum absolute atomic E-state index is 10.9. The van der Waals surface area contributed by atoms with Crippen LogP contribution in [0.3, 0.4) is 0 Å². The van der Waals surface area contributed by atoms with Crippen LogP contribution in [0, 0.1) is 11.3 Å². The highest BCUT2D eigenvalue weighted by molar-refractivity contribution is 7.84. The van der Waals surface area contributed by atoms with Crippen LogP contribution in [0.4, 0.5) is 5.69 Å². The Labute approximate surface area is 162 Å². The van der Waals surface area contributed by atoms with Crippen molar-refractivity contribution in [2.24, 2.45) is 5.14 Å². The fourth-order valence-corrected chi connectivity index (χ4v) is 2.84. The summed E-state index contributed by atoms with van der Waals surface area (Å²) in [7, 11) is -4.06. The average molecular weight is 399 g/mol. The van der Waals surface area contributed by atoms with Gasteiger partial charge in [0, 0.05) is 12.4 Å². The third kappa shape index (κ3) is 5.23. The summed E-state index contributed by atoms with van der Waals surface area (Å²) < 4.78 is 33.9. The molecule has 0 saturated heterocycles. The molecule has 0 aliphatic heterocycles. The first-order valence-electron chi connectivity index (χ1n) is 8.15. The fourth-order valence-electron chi connectivity index (χ4n) is 2.46. The third-order valence-corrected chi connectivity index (χ3v) is 4.10. The monoisotopic (exact) mass is 399 g/mol. The maximum Gasteiger partial charge on any atom is 0.380 e. The van der Waals surface area contributed by atoms with E-state index >= 15 is 0 Å². The van der Waals surface area contributed by atoms with Crippen LogP contribution < -0.4 is 19.1 Å². The second kappa shape index (κ2) is 8.43. The molecule has 0 saturated carbocycles. The van der Waals surface area contributed by atoms with Gasteiger partial charge in [-0.2, -0.15) is 18.8 Å². The van der Waals surface area contributed by atoms with E-state index in [2.05, 4.69) is 15.2 Å². The Hall–Kier alpha value is -3.55. The van der Waals surface area contributed by atoms with Crippen molar-refractivity contribution in [1.29, 1.82) is 5.26 Å². The fraction of sp³-hybridized carbons (Fsp3) is 0.111. The molecule has 0 aliphatic carbocycles. The van der Waals surface area contributed by atoms with Gasteiger partial charge in [-0.15, -0.1) is 0 Å².